The van der Waals surface area contributed by atoms with Crippen LogP contribution in [0.1, 0.15) is 35.6 Å². The van der Waals surface area contributed by atoms with E-state index in [1.54, 1.807) is 11.8 Å². The van der Waals surface area contributed by atoms with Crippen LogP contribution in [0.3, 0.4) is 0 Å². The molecule has 2 atom stereocenters. The number of thioether (sulfide) groups is 1. The van der Waals surface area contributed by atoms with E-state index in [1.807, 2.05) is 13.8 Å². The van der Waals surface area contributed by atoms with Crippen LogP contribution < -0.4 is 5.73 Å². The van der Waals surface area contributed by atoms with E-state index in [0.717, 1.165) is 17.9 Å². The minimum atomic E-state index is 0.282. The molecule has 1 aromatic rings. The van der Waals surface area contributed by atoms with Crippen molar-refractivity contribution in [2.45, 2.75) is 38.5 Å². The molecule has 0 spiro atoms. The first-order valence-electron chi connectivity index (χ1n) is 5.00. The molecule has 4 nitrogen and oxygen atoms in total. The Kier molecular flexibility index (Phi) is 2.73. The molecule has 0 bridgehead atoms. The van der Waals surface area contributed by atoms with Gasteiger partial charge in [-0.15, -0.1) is 0 Å². The van der Waals surface area contributed by atoms with Crippen LogP contribution in [0.5, 0.6) is 0 Å². The number of aryl methyl sites for hydroxylation is 2. The van der Waals surface area contributed by atoms with E-state index in [9.17, 15) is 0 Å². The van der Waals surface area contributed by atoms with Crippen LogP contribution in [0.25, 0.3) is 0 Å². The molecule has 15 heavy (non-hydrogen) atoms. The third kappa shape index (κ3) is 2.02. The molecule has 2 N–H and O–H groups in total. The fourth-order valence-electron chi connectivity index (χ4n) is 1.93. The molecule has 1 aliphatic heterocycles. The normalized spacial score (nSPS) is 26.5. The van der Waals surface area contributed by atoms with Crippen LogP contribution in [-0.4, -0.2) is 16.4 Å². The van der Waals surface area contributed by atoms with Crippen molar-refractivity contribution in [3.8, 4) is 0 Å². The Hall–Kier alpha value is -0.970. The summed E-state index contributed by atoms with van der Waals surface area (Å²) in [6.45, 7) is 6.00. The van der Waals surface area contributed by atoms with Crippen molar-refractivity contribution in [1.29, 1.82) is 0 Å². The van der Waals surface area contributed by atoms with Gasteiger partial charge in [0.15, 0.2) is 5.17 Å². The predicted octanol–water partition coefficient (Wildman–Crippen LogP) is 2.17. The molecule has 2 rings (SSSR count). The number of hydrogen-bond donors (Lipinski definition) is 1. The molecule has 1 unspecified atom stereocenters. The summed E-state index contributed by atoms with van der Waals surface area (Å²) in [4.78, 5) is 4.31. The van der Waals surface area contributed by atoms with Gasteiger partial charge in [0.2, 0.25) is 0 Å². The summed E-state index contributed by atoms with van der Waals surface area (Å²) in [5.74, 6) is 0.895. The van der Waals surface area contributed by atoms with Gasteiger partial charge in [-0.05, 0) is 27.2 Å². The Morgan fingerprint density at radius 2 is 2.20 bits per heavy atom. The second-order valence-corrected chi connectivity index (χ2v) is 5.12. The van der Waals surface area contributed by atoms with Crippen molar-refractivity contribution < 1.29 is 4.52 Å². The standard InChI is InChI=1S/C10H15N3OS/c1-5-4-8(15-10(11)12-5)9-6(2)13-14-7(9)3/h5,8H,4H2,1-3H3,(H2,11,12)/t5-,8?/m0/s1. The largest absolute Gasteiger partial charge is 0.379 e. The van der Waals surface area contributed by atoms with Crippen LogP contribution in [0.2, 0.25) is 0 Å². The summed E-state index contributed by atoms with van der Waals surface area (Å²) in [7, 11) is 0. The molecule has 1 aliphatic rings. The number of amidine groups is 1. The lowest BCUT2D eigenvalue weighted by Crippen LogP contribution is -2.21. The van der Waals surface area contributed by atoms with Crippen molar-refractivity contribution in [3.63, 3.8) is 0 Å². The van der Waals surface area contributed by atoms with E-state index in [-0.39, 0.29) is 6.04 Å². The third-order valence-electron chi connectivity index (χ3n) is 2.58. The van der Waals surface area contributed by atoms with Crippen LogP contribution in [-0.2, 0) is 0 Å². The van der Waals surface area contributed by atoms with E-state index < -0.39 is 0 Å². The zero-order valence-electron chi connectivity index (χ0n) is 9.15. The number of hydrogen-bond acceptors (Lipinski definition) is 5. The minimum absolute atomic E-state index is 0.282. The molecule has 1 aromatic heterocycles. The topological polar surface area (TPSA) is 64.4 Å². The molecular formula is C10H15N3OS. The van der Waals surface area contributed by atoms with E-state index in [1.165, 1.54) is 5.56 Å². The summed E-state index contributed by atoms with van der Waals surface area (Å²) in [5, 5.41) is 4.97. The monoisotopic (exact) mass is 225 g/mol. The Bertz CT molecular complexity index is 380. The highest BCUT2D eigenvalue weighted by Crippen LogP contribution is 2.39. The van der Waals surface area contributed by atoms with Crippen LogP contribution in [0.4, 0.5) is 0 Å². The van der Waals surface area contributed by atoms with Crippen molar-refractivity contribution >= 4 is 16.9 Å². The second-order valence-electron chi connectivity index (χ2n) is 3.90. The van der Waals surface area contributed by atoms with Crippen LogP contribution in [0.15, 0.2) is 9.52 Å². The summed E-state index contributed by atoms with van der Waals surface area (Å²) >= 11 is 1.60. The van der Waals surface area contributed by atoms with Gasteiger partial charge in [-0.2, -0.15) is 0 Å². The quantitative estimate of drug-likeness (QED) is 0.795. The van der Waals surface area contributed by atoms with E-state index >= 15 is 0 Å². The number of rotatable bonds is 1. The molecule has 0 fully saturated rings. The molecule has 2 heterocycles. The van der Waals surface area contributed by atoms with Gasteiger partial charge in [-0.3, -0.25) is 4.99 Å². The second kappa shape index (κ2) is 3.89. The van der Waals surface area contributed by atoms with Gasteiger partial charge in [0, 0.05) is 10.8 Å². The molecule has 0 saturated heterocycles. The number of aliphatic imine (C=N–C) groups is 1. The summed E-state index contributed by atoms with van der Waals surface area (Å²) in [6, 6.07) is 0.282. The molecule has 0 radical (unpaired) electrons. The van der Waals surface area contributed by atoms with Crippen LogP contribution >= 0.6 is 11.8 Å². The number of aromatic nitrogens is 1. The molecule has 82 valence electrons. The first-order valence-corrected chi connectivity index (χ1v) is 5.88. The average molecular weight is 225 g/mol. The molecule has 5 heteroatoms. The molecule has 0 amide bonds. The lowest BCUT2D eigenvalue weighted by atomic mass is 10.0. The average Bonchev–Trinajstić information content (AvgIpc) is 2.44. The van der Waals surface area contributed by atoms with Gasteiger partial charge in [0.25, 0.3) is 0 Å². The first-order chi connectivity index (χ1) is 7.08. The smallest absolute Gasteiger partial charge is 0.154 e. The Labute approximate surface area is 93.3 Å². The SMILES string of the molecule is Cc1noc(C)c1C1C[C@H](C)N=C(N)S1. The molecule has 0 aromatic carbocycles. The van der Waals surface area contributed by atoms with Crippen molar-refractivity contribution in [2.75, 3.05) is 0 Å². The van der Waals surface area contributed by atoms with Gasteiger partial charge in [-0.1, -0.05) is 16.9 Å². The third-order valence-corrected chi connectivity index (χ3v) is 3.64. The van der Waals surface area contributed by atoms with Crippen molar-refractivity contribution in [1.82, 2.24) is 5.16 Å². The maximum atomic E-state index is 5.78. The van der Waals surface area contributed by atoms with E-state index in [4.69, 9.17) is 10.3 Å². The number of nitrogens with zero attached hydrogens (tertiary/aromatic N) is 2. The predicted molar refractivity (Wildman–Crippen MR) is 62.0 cm³/mol. The Balaban J connectivity index is 2.29. The molecule has 0 aliphatic carbocycles. The van der Waals surface area contributed by atoms with Crippen LogP contribution in [0, 0.1) is 13.8 Å². The van der Waals surface area contributed by atoms with Crippen molar-refractivity contribution in [3.05, 3.63) is 17.0 Å². The Morgan fingerprint density at radius 1 is 1.47 bits per heavy atom. The maximum Gasteiger partial charge on any atom is 0.154 e. The maximum absolute atomic E-state index is 5.78. The lowest BCUT2D eigenvalue weighted by Gasteiger charge is -2.23. The highest BCUT2D eigenvalue weighted by atomic mass is 32.2. The lowest BCUT2D eigenvalue weighted by molar-refractivity contribution is 0.392. The zero-order chi connectivity index (χ0) is 11.0. The molecular weight excluding hydrogens is 210 g/mol. The number of nitrogens with two attached hydrogens (primary N) is 1. The first kappa shape index (κ1) is 10.5. The summed E-state index contributed by atoms with van der Waals surface area (Å²) < 4.78 is 5.17. The minimum Gasteiger partial charge on any atom is -0.379 e. The fourth-order valence-corrected chi connectivity index (χ4v) is 3.29. The van der Waals surface area contributed by atoms with Gasteiger partial charge >= 0.3 is 0 Å². The van der Waals surface area contributed by atoms with Gasteiger partial charge in [-0.25, -0.2) is 0 Å². The Morgan fingerprint density at radius 3 is 2.73 bits per heavy atom. The fraction of sp³-hybridized carbons (Fsp3) is 0.600. The van der Waals surface area contributed by atoms with E-state index in [0.29, 0.717) is 10.4 Å². The van der Waals surface area contributed by atoms with Gasteiger partial charge < -0.3 is 10.3 Å². The summed E-state index contributed by atoms with van der Waals surface area (Å²) in [6.07, 6.45) is 0.994. The highest BCUT2D eigenvalue weighted by molar-refractivity contribution is 8.14. The summed E-state index contributed by atoms with van der Waals surface area (Å²) in [5.41, 5.74) is 7.93. The molecule has 0 saturated carbocycles. The van der Waals surface area contributed by atoms with Gasteiger partial charge in [0.05, 0.1) is 11.7 Å². The highest BCUT2D eigenvalue weighted by Gasteiger charge is 2.27. The van der Waals surface area contributed by atoms with E-state index in [2.05, 4.69) is 17.1 Å². The zero-order valence-corrected chi connectivity index (χ0v) is 9.97. The van der Waals surface area contributed by atoms with Crippen molar-refractivity contribution in [2.24, 2.45) is 10.7 Å². The van der Waals surface area contributed by atoms with Gasteiger partial charge in [0.1, 0.15) is 5.76 Å².